The van der Waals surface area contributed by atoms with Crippen LogP contribution in [0.4, 0.5) is 11.4 Å². The van der Waals surface area contributed by atoms with E-state index in [1.54, 1.807) is 43.3 Å². The molecule has 24 heavy (non-hydrogen) atoms. The lowest BCUT2D eigenvalue weighted by atomic mass is 10.1. The smallest absolute Gasteiger partial charge is 0.269 e. The number of rotatable bonds is 3. The Labute approximate surface area is 139 Å². The molecule has 6 heteroatoms. The number of hydrogen-bond donors (Lipinski definition) is 2. The Kier molecular flexibility index (Phi) is 4.37. The van der Waals surface area contributed by atoms with Crippen molar-refractivity contribution in [1.82, 2.24) is 0 Å². The number of hydrogen-bond acceptors (Lipinski definition) is 4. The second-order valence-corrected chi connectivity index (χ2v) is 5.56. The van der Waals surface area contributed by atoms with Crippen LogP contribution in [0.5, 0.6) is 11.5 Å². The first kappa shape index (κ1) is 15.9. The Morgan fingerprint density at radius 1 is 0.875 bits per heavy atom. The number of nitrogens with one attached hydrogen (secondary N) is 2. The first-order valence-electron chi connectivity index (χ1n) is 7.64. The lowest BCUT2D eigenvalue weighted by molar-refractivity contribution is -0.128. The Bertz CT molecular complexity index is 758. The third-order valence-corrected chi connectivity index (χ3v) is 3.57. The highest BCUT2D eigenvalue weighted by atomic mass is 16.6. The Morgan fingerprint density at radius 3 is 2.00 bits per heavy atom. The molecule has 0 spiro atoms. The molecule has 0 radical (unpaired) electrons. The lowest BCUT2D eigenvalue weighted by Gasteiger charge is -2.31. The molecule has 124 valence electrons. The van der Waals surface area contributed by atoms with E-state index in [9.17, 15) is 9.59 Å². The topological polar surface area (TPSA) is 76.7 Å². The Morgan fingerprint density at radius 2 is 1.42 bits per heavy atom. The number of benzene rings is 2. The number of para-hydroxylation sites is 2. The Balaban J connectivity index is 1.68. The summed E-state index contributed by atoms with van der Waals surface area (Å²) in [5.74, 6) is 0.752. The van der Waals surface area contributed by atoms with Gasteiger partial charge in [0.1, 0.15) is 6.10 Å². The highest BCUT2D eigenvalue weighted by molar-refractivity contribution is 5.95. The number of amides is 2. The zero-order valence-corrected chi connectivity index (χ0v) is 13.4. The molecule has 1 aliphatic heterocycles. The molecule has 2 N–H and O–H groups in total. The minimum atomic E-state index is -0.741. The standard InChI is InChI=1S/C18H18N2O4/c1-11-17(24-16-6-4-3-5-15(16)23-11)18(22)20-14-9-7-13(8-10-14)19-12(2)21/h3-11,17H,1-2H3,(H,19,21)(H,20,22)/t11-,17-/m0/s1. The summed E-state index contributed by atoms with van der Waals surface area (Å²) >= 11 is 0. The first-order valence-corrected chi connectivity index (χ1v) is 7.64. The Hall–Kier alpha value is -3.02. The van der Waals surface area contributed by atoms with Gasteiger partial charge in [0, 0.05) is 18.3 Å². The average Bonchev–Trinajstić information content (AvgIpc) is 2.55. The summed E-state index contributed by atoms with van der Waals surface area (Å²) in [5, 5.41) is 5.47. The van der Waals surface area contributed by atoms with Crippen molar-refractivity contribution in [2.45, 2.75) is 26.1 Å². The molecule has 2 amide bonds. The number of carbonyl (C=O) groups excluding carboxylic acids is 2. The van der Waals surface area contributed by atoms with Gasteiger partial charge in [-0.2, -0.15) is 0 Å². The van der Waals surface area contributed by atoms with E-state index in [1.165, 1.54) is 6.92 Å². The fourth-order valence-electron chi connectivity index (χ4n) is 2.46. The second-order valence-electron chi connectivity index (χ2n) is 5.56. The quantitative estimate of drug-likeness (QED) is 0.909. The average molecular weight is 326 g/mol. The molecule has 1 heterocycles. The van der Waals surface area contributed by atoms with Crippen LogP contribution in [0.3, 0.4) is 0 Å². The summed E-state index contributed by atoms with van der Waals surface area (Å²) in [6.45, 7) is 3.23. The zero-order chi connectivity index (χ0) is 17.1. The first-order chi connectivity index (χ1) is 11.5. The van der Waals surface area contributed by atoms with Gasteiger partial charge in [-0.25, -0.2) is 0 Å². The lowest BCUT2D eigenvalue weighted by Crippen LogP contribution is -2.46. The van der Waals surface area contributed by atoms with E-state index in [-0.39, 0.29) is 11.8 Å². The van der Waals surface area contributed by atoms with E-state index in [4.69, 9.17) is 9.47 Å². The molecule has 0 bridgehead atoms. The molecular formula is C18H18N2O4. The summed E-state index contributed by atoms with van der Waals surface area (Å²) < 4.78 is 11.5. The fourth-order valence-corrected chi connectivity index (χ4v) is 2.46. The molecule has 1 aliphatic rings. The molecule has 2 aromatic carbocycles. The molecule has 2 aromatic rings. The SMILES string of the molecule is CC(=O)Nc1ccc(NC(=O)[C@H]2Oc3ccccc3O[C@H]2C)cc1. The monoisotopic (exact) mass is 326 g/mol. The van der Waals surface area contributed by atoms with Gasteiger partial charge in [-0.15, -0.1) is 0 Å². The van der Waals surface area contributed by atoms with E-state index in [1.807, 2.05) is 12.1 Å². The van der Waals surface area contributed by atoms with E-state index in [0.29, 0.717) is 22.9 Å². The highest BCUT2D eigenvalue weighted by Gasteiger charge is 2.34. The van der Waals surface area contributed by atoms with Crippen LogP contribution in [0.2, 0.25) is 0 Å². The maximum Gasteiger partial charge on any atom is 0.269 e. The summed E-state index contributed by atoms with van der Waals surface area (Å²) in [4.78, 5) is 23.5. The van der Waals surface area contributed by atoms with Crippen LogP contribution >= 0.6 is 0 Å². The van der Waals surface area contributed by atoms with Crippen molar-refractivity contribution in [3.63, 3.8) is 0 Å². The molecule has 0 unspecified atom stereocenters. The molecule has 2 atom stereocenters. The van der Waals surface area contributed by atoms with Crippen LogP contribution in [0.1, 0.15) is 13.8 Å². The van der Waals surface area contributed by atoms with E-state index >= 15 is 0 Å². The predicted molar refractivity (Wildman–Crippen MR) is 90.3 cm³/mol. The van der Waals surface area contributed by atoms with Gasteiger partial charge in [-0.1, -0.05) is 12.1 Å². The maximum absolute atomic E-state index is 12.5. The van der Waals surface area contributed by atoms with Crippen molar-refractivity contribution in [3.8, 4) is 11.5 Å². The molecule has 6 nitrogen and oxygen atoms in total. The number of anilines is 2. The van der Waals surface area contributed by atoms with Crippen LogP contribution < -0.4 is 20.1 Å². The largest absolute Gasteiger partial charge is 0.482 e. The second kappa shape index (κ2) is 6.62. The summed E-state index contributed by atoms with van der Waals surface area (Å²) in [5.41, 5.74) is 1.28. The van der Waals surface area contributed by atoms with Crippen LogP contribution in [0.25, 0.3) is 0 Å². The van der Waals surface area contributed by atoms with Crippen molar-refractivity contribution < 1.29 is 19.1 Å². The van der Waals surface area contributed by atoms with Crippen LogP contribution in [-0.2, 0) is 9.59 Å². The van der Waals surface area contributed by atoms with Crippen LogP contribution in [0, 0.1) is 0 Å². The third kappa shape index (κ3) is 3.48. The third-order valence-electron chi connectivity index (χ3n) is 3.57. The maximum atomic E-state index is 12.5. The highest BCUT2D eigenvalue weighted by Crippen LogP contribution is 2.33. The molecule has 0 aliphatic carbocycles. The van der Waals surface area contributed by atoms with Gasteiger partial charge in [0.2, 0.25) is 12.0 Å². The molecule has 3 rings (SSSR count). The van der Waals surface area contributed by atoms with Gasteiger partial charge >= 0.3 is 0 Å². The van der Waals surface area contributed by atoms with Crippen LogP contribution in [-0.4, -0.2) is 24.0 Å². The number of ether oxygens (including phenoxy) is 2. The predicted octanol–water partition coefficient (Wildman–Crippen LogP) is 2.81. The summed E-state index contributed by atoms with van der Waals surface area (Å²) in [6, 6.07) is 14.1. The molecule has 0 aromatic heterocycles. The van der Waals surface area contributed by atoms with Gasteiger partial charge in [-0.05, 0) is 43.3 Å². The van der Waals surface area contributed by atoms with E-state index in [2.05, 4.69) is 10.6 Å². The minimum absolute atomic E-state index is 0.146. The van der Waals surface area contributed by atoms with Gasteiger partial charge in [0.25, 0.3) is 5.91 Å². The fraction of sp³-hybridized carbons (Fsp3) is 0.222. The van der Waals surface area contributed by atoms with Crippen molar-refractivity contribution in [3.05, 3.63) is 48.5 Å². The number of carbonyl (C=O) groups is 2. The summed E-state index contributed by atoms with van der Waals surface area (Å²) in [6.07, 6.45) is -1.14. The zero-order valence-electron chi connectivity index (χ0n) is 13.4. The van der Waals surface area contributed by atoms with Crippen molar-refractivity contribution in [1.29, 1.82) is 0 Å². The number of fused-ring (bicyclic) bond motifs is 1. The normalized spacial score (nSPS) is 18.6. The molecule has 0 saturated carbocycles. The van der Waals surface area contributed by atoms with E-state index in [0.717, 1.165) is 0 Å². The van der Waals surface area contributed by atoms with E-state index < -0.39 is 12.2 Å². The van der Waals surface area contributed by atoms with Crippen LogP contribution in [0.15, 0.2) is 48.5 Å². The molecule has 0 saturated heterocycles. The minimum Gasteiger partial charge on any atom is -0.482 e. The molecule has 0 fully saturated rings. The van der Waals surface area contributed by atoms with Gasteiger partial charge < -0.3 is 20.1 Å². The van der Waals surface area contributed by atoms with Gasteiger partial charge in [-0.3, -0.25) is 9.59 Å². The van der Waals surface area contributed by atoms with Gasteiger partial charge in [0.05, 0.1) is 0 Å². The van der Waals surface area contributed by atoms with Gasteiger partial charge in [0.15, 0.2) is 11.5 Å². The van der Waals surface area contributed by atoms with Crippen molar-refractivity contribution in [2.24, 2.45) is 0 Å². The summed E-state index contributed by atoms with van der Waals surface area (Å²) in [7, 11) is 0. The molecular weight excluding hydrogens is 308 g/mol. The van der Waals surface area contributed by atoms with Crippen molar-refractivity contribution >= 4 is 23.2 Å². The van der Waals surface area contributed by atoms with Crippen molar-refractivity contribution in [2.75, 3.05) is 10.6 Å².